The third-order valence-electron chi connectivity index (χ3n) is 14.5. The SMILES string of the molecule is CC(C)CCON=O.Cc1ccccc1C(=O)NSC(=O)C(c1ccccc1)c1ccccc1.N=[S-](=O)C(=O)C(c1ccccc1)c1ccccc1.O=C(Oc1ccccc1)c1ccccc1P(c1ccccc1)c1ccccc1.O=C(S)C(c1ccccc1)c1ccccc1. The molecule has 2 N–H and O–H groups in total. The van der Waals surface area contributed by atoms with Crippen molar-refractivity contribution in [3.63, 3.8) is 0 Å². The highest BCUT2D eigenvalue weighted by molar-refractivity contribution is 8.12. The minimum absolute atomic E-state index is 0.121. The molecule has 0 spiro atoms. The van der Waals surface area contributed by atoms with E-state index < -0.39 is 35.5 Å². The van der Waals surface area contributed by atoms with Crippen molar-refractivity contribution in [3.8, 4) is 5.75 Å². The van der Waals surface area contributed by atoms with Gasteiger partial charge in [0.1, 0.15) is 12.4 Å². The Bertz CT molecular complexity index is 4080. The number of hydrogen-bond acceptors (Lipinski definition) is 13. The van der Waals surface area contributed by atoms with E-state index in [-0.39, 0.29) is 28.0 Å². The number of ether oxygens (including phenoxy) is 1. The molecule has 0 saturated heterocycles. The molecule has 1 amide bonds. The van der Waals surface area contributed by atoms with Crippen LogP contribution in [0.2, 0.25) is 0 Å². The molecule has 11 aromatic carbocycles. The van der Waals surface area contributed by atoms with Crippen LogP contribution in [0.3, 0.4) is 0 Å². The van der Waals surface area contributed by atoms with Crippen LogP contribution in [0.1, 0.15) is 97.7 Å². The molecule has 12 nitrogen and oxygen atoms in total. The fraction of sp³-hybridized carbons (Fsp3) is 0.113. The molecule has 0 fully saturated rings. The number of thiol groups is 1. The lowest BCUT2D eigenvalue weighted by molar-refractivity contribution is -0.112. The number of carbonyl (C=O) groups is 5. The highest BCUT2D eigenvalue weighted by Crippen LogP contribution is 2.35. The highest BCUT2D eigenvalue weighted by Gasteiger charge is 2.26. The van der Waals surface area contributed by atoms with E-state index in [0.29, 0.717) is 29.4 Å². The topological polar surface area (TPSA) is 186 Å². The van der Waals surface area contributed by atoms with Gasteiger partial charge in [0.25, 0.3) is 5.91 Å². The summed E-state index contributed by atoms with van der Waals surface area (Å²) in [6.45, 7) is 6.45. The largest absolute Gasteiger partial charge is 0.438 e. The zero-order chi connectivity index (χ0) is 68.3. The molecular weight excluding hydrogens is 1270 g/mol. The summed E-state index contributed by atoms with van der Waals surface area (Å²) < 4.78 is 26.6. The predicted molar refractivity (Wildman–Crippen MR) is 393 cm³/mol. The third-order valence-corrected chi connectivity index (χ3v) is 18.6. The molecule has 0 unspecified atom stereocenters. The first kappa shape index (κ1) is 73.3. The van der Waals surface area contributed by atoms with Crippen molar-refractivity contribution in [2.24, 2.45) is 11.3 Å². The molecule has 96 heavy (non-hydrogen) atoms. The van der Waals surface area contributed by atoms with E-state index in [1.165, 1.54) is 10.6 Å². The number of para-hydroxylation sites is 1. The second-order valence-corrected chi connectivity index (χ2v) is 26.0. The summed E-state index contributed by atoms with van der Waals surface area (Å²) in [5.74, 6) is -0.804. The van der Waals surface area contributed by atoms with E-state index in [0.717, 1.165) is 62.6 Å². The first-order valence-corrected chi connectivity index (χ1v) is 34.5. The van der Waals surface area contributed by atoms with E-state index in [2.05, 4.69) is 65.6 Å². The van der Waals surface area contributed by atoms with Crippen molar-refractivity contribution in [3.05, 3.63) is 376 Å². The number of benzene rings is 11. The maximum absolute atomic E-state index is 13.0. The van der Waals surface area contributed by atoms with Crippen LogP contribution in [0.15, 0.2) is 327 Å². The van der Waals surface area contributed by atoms with Gasteiger partial charge in [-0.1, -0.05) is 311 Å². The number of hydrogen-bond donors (Lipinski definition) is 3. The first-order valence-electron chi connectivity index (χ1n) is 30.7. The number of rotatable bonds is 19. The Balaban J connectivity index is 0.000000177. The Hall–Kier alpha value is -10.2. The van der Waals surface area contributed by atoms with Gasteiger partial charge in [-0.15, -0.1) is 28.1 Å². The molecule has 0 radical (unpaired) electrons. The summed E-state index contributed by atoms with van der Waals surface area (Å²) in [7, 11) is -3.10. The molecule has 0 heterocycles. The smallest absolute Gasteiger partial charge is 0.344 e. The zero-order valence-electron chi connectivity index (χ0n) is 53.2. The molecule has 0 bridgehead atoms. The van der Waals surface area contributed by atoms with Crippen LogP contribution in [0.25, 0.3) is 0 Å². The lowest BCUT2D eigenvalue weighted by Crippen LogP contribution is -2.26. The Morgan fingerprint density at radius 1 is 0.479 bits per heavy atom. The van der Waals surface area contributed by atoms with Gasteiger partial charge in [0.15, 0.2) is 10.5 Å². The standard InChI is InChI=1S/C25H19O2P.C22H19NO2S.C14H12NO2S.C14H12OS.C5H11NO2/c26-25(27-20-12-4-1-5-13-20)23-18-10-11-19-24(23)28(21-14-6-2-7-15-21)22-16-8-3-9-17-22;1-16-10-8-9-15-19(16)21(24)23-26-22(25)20(17-11-4-2-5-12-17)18-13-6-3-7-14-18;15-18(17)14(16)13(11-7-3-1-4-8-11)12-9-5-2-6-10-12;15-14(16)13(11-7-3-1-4-8-11)12-9-5-2-6-10-12;1-5(2)3-4-8-6-7/h1-19H;2-15,20H,1H3,(H,23,24);1-10,13,15H;1-10,13H,(H,15,16);5H,3-4H2,1-2H3/q;;-1;;. The highest BCUT2D eigenvalue weighted by atomic mass is 32.2. The Labute approximate surface area is 574 Å². The summed E-state index contributed by atoms with van der Waals surface area (Å²) in [5.41, 5.74) is 7.34. The average molecular weight is 1350 g/mol. The van der Waals surface area contributed by atoms with Gasteiger partial charge in [0.05, 0.1) is 28.4 Å². The van der Waals surface area contributed by atoms with Crippen molar-refractivity contribution in [2.45, 2.75) is 44.9 Å². The first-order chi connectivity index (χ1) is 46.7. The Kier molecular flexibility index (Phi) is 30.7. The number of nitrogens with one attached hydrogen (secondary N) is 2. The van der Waals surface area contributed by atoms with Gasteiger partial charge < -0.3 is 23.4 Å². The minimum Gasteiger partial charge on any atom is -0.438 e. The maximum atomic E-state index is 13.0. The van der Waals surface area contributed by atoms with E-state index in [1.54, 1.807) is 18.2 Å². The molecule has 0 aliphatic carbocycles. The molecule has 0 aliphatic rings. The quantitative estimate of drug-likeness (QED) is 0.00809. The van der Waals surface area contributed by atoms with Gasteiger partial charge in [-0.3, -0.25) is 19.1 Å². The zero-order valence-corrected chi connectivity index (χ0v) is 56.6. The van der Waals surface area contributed by atoms with E-state index in [4.69, 9.17) is 9.52 Å². The normalized spacial score (nSPS) is 10.5. The number of esters is 1. The molecular formula is C80H73N3O9PS3-. The minimum atomic E-state index is -2.23. The summed E-state index contributed by atoms with van der Waals surface area (Å²) in [4.78, 5) is 75.4. The molecule has 0 aliphatic heterocycles. The number of carbonyl (C=O) groups excluding carboxylic acids is 5. The van der Waals surface area contributed by atoms with Gasteiger partial charge in [-0.25, -0.2) is 4.79 Å². The number of nitrogens with zero attached hydrogens (tertiary/aromatic N) is 1. The molecule has 11 rings (SSSR count). The second kappa shape index (κ2) is 40.2. The van der Waals surface area contributed by atoms with E-state index in [1.807, 2.05) is 286 Å². The van der Waals surface area contributed by atoms with E-state index in [9.17, 15) is 33.1 Å². The summed E-state index contributed by atoms with van der Waals surface area (Å²) in [6.07, 6.45) is 0.895. The van der Waals surface area contributed by atoms with Crippen LogP contribution in [-0.4, -0.2) is 33.8 Å². The van der Waals surface area contributed by atoms with Gasteiger partial charge in [0.2, 0.25) is 5.12 Å². The molecule has 0 aromatic heterocycles. The van der Waals surface area contributed by atoms with E-state index >= 15 is 0 Å². The lowest BCUT2D eigenvalue weighted by Gasteiger charge is -2.21. The Morgan fingerprint density at radius 3 is 1.20 bits per heavy atom. The van der Waals surface area contributed by atoms with Crippen molar-refractivity contribution >= 4 is 86.2 Å². The molecule has 16 heteroatoms. The number of aryl methyl sites for hydroxylation is 1. The van der Waals surface area contributed by atoms with Crippen LogP contribution in [0.4, 0.5) is 0 Å². The number of amides is 1. The van der Waals surface area contributed by atoms with Crippen LogP contribution in [-0.2, 0) is 34.0 Å². The second-order valence-electron chi connectivity index (χ2n) is 21.7. The van der Waals surface area contributed by atoms with Gasteiger partial charge in [0, 0.05) is 17.5 Å². The monoisotopic (exact) mass is 1350 g/mol. The van der Waals surface area contributed by atoms with Crippen LogP contribution < -0.4 is 25.4 Å². The van der Waals surface area contributed by atoms with Gasteiger partial charge in [-0.2, -0.15) is 0 Å². The fourth-order valence-electron chi connectivity index (χ4n) is 9.82. The maximum Gasteiger partial charge on any atom is 0.344 e. The van der Waals surface area contributed by atoms with Crippen molar-refractivity contribution < 1.29 is 37.8 Å². The van der Waals surface area contributed by atoms with Crippen LogP contribution >= 0.6 is 32.5 Å². The summed E-state index contributed by atoms with van der Waals surface area (Å²) in [6, 6.07) is 102. The lowest BCUT2D eigenvalue weighted by atomic mass is 9.92. The van der Waals surface area contributed by atoms with Crippen LogP contribution in [0, 0.1) is 22.5 Å². The molecule has 486 valence electrons. The van der Waals surface area contributed by atoms with Crippen molar-refractivity contribution in [2.75, 3.05) is 6.61 Å². The molecule has 0 atom stereocenters. The summed E-state index contributed by atoms with van der Waals surface area (Å²) >= 11 is 4.82. The van der Waals surface area contributed by atoms with Crippen molar-refractivity contribution in [1.82, 2.24) is 4.72 Å². The summed E-state index contributed by atoms with van der Waals surface area (Å²) in [5, 5.41) is 4.81. The molecule has 0 saturated carbocycles. The van der Waals surface area contributed by atoms with Crippen LogP contribution in [0.5, 0.6) is 5.75 Å². The predicted octanol–water partition coefficient (Wildman–Crippen LogP) is 17.5. The van der Waals surface area contributed by atoms with Crippen molar-refractivity contribution in [1.29, 1.82) is 4.78 Å². The fourth-order valence-corrected chi connectivity index (χ4v) is 13.7. The van der Waals surface area contributed by atoms with Gasteiger partial charge in [-0.05, 0) is 106 Å². The molecule has 11 aromatic rings. The van der Waals surface area contributed by atoms with Gasteiger partial charge >= 0.3 is 5.97 Å². The third kappa shape index (κ3) is 23.1. The average Bonchev–Trinajstić information content (AvgIpc) is 0.828. The Morgan fingerprint density at radius 2 is 0.823 bits per heavy atom.